The normalized spacial score (nSPS) is 11.2. The van der Waals surface area contributed by atoms with Crippen LogP contribution in [0.5, 0.6) is 0 Å². The van der Waals surface area contributed by atoms with Crippen molar-refractivity contribution in [2.75, 3.05) is 0 Å². The number of nitrogens with one attached hydrogen (secondary N) is 1. The zero-order valence-corrected chi connectivity index (χ0v) is 15.5. The Kier molecular flexibility index (Phi) is 4.49. The highest BCUT2D eigenvalue weighted by Gasteiger charge is 2.16. The Morgan fingerprint density at radius 2 is 1.85 bits per heavy atom. The number of rotatable bonds is 4. The Balaban J connectivity index is 1.71. The fourth-order valence-corrected chi connectivity index (χ4v) is 4.30. The Morgan fingerprint density at radius 1 is 1.11 bits per heavy atom. The third-order valence-corrected chi connectivity index (χ3v) is 5.72. The molecule has 0 fully saturated rings. The summed E-state index contributed by atoms with van der Waals surface area (Å²) in [4.78, 5) is 25.9. The maximum Gasteiger partial charge on any atom is 0.261 e. The number of amides is 1. The molecule has 0 saturated heterocycles. The summed E-state index contributed by atoms with van der Waals surface area (Å²) >= 11 is 1.32. The lowest BCUT2D eigenvalue weighted by Crippen LogP contribution is -2.22. The van der Waals surface area contributed by atoms with Gasteiger partial charge in [-0.25, -0.2) is 4.39 Å². The molecule has 0 atom stereocenters. The standard InChI is InChI=1S/C21H17FN2O2S/c1-2-24-17-6-4-3-5-15(17)19-16(21(24)26)11-18(27-19)20(25)23-12-13-7-9-14(22)10-8-13/h3-11H,2,12H2,1H3,(H,23,25). The molecule has 0 aliphatic rings. The first-order valence-corrected chi connectivity index (χ1v) is 9.48. The van der Waals surface area contributed by atoms with Gasteiger partial charge in [-0.1, -0.05) is 30.3 Å². The zero-order valence-electron chi connectivity index (χ0n) is 14.7. The van der Waals surface area contributed by atoms with Crippen molar-refractivity contribution in [3.8, 4) is 0 Å². The molecule has 1 amide bonds. The Morgan fingerprint density at radius 3 is 2.59 bits per heavy atom. The Bertz CT molecular complexity index is 1210. The van der Waals surface area contributed by atoms with E-state index in [1.807, 2.05) is 31.2 Å². The molecule has 0 aliphatic carbocycles. The smallest absolute Gasteiger partial charge is 0.261 e. The van der Waals surface area contributed by atoms with E-state index in [9.17, 15) is 14.0 Å². The van der Waals surface area contributed by atoms with Gasteiger partial charge in [-0.15, -0.1) is 11.3 Å². The molecule has 2 aromatic heterocycles. The van der Waals surface area contributed by atoms with Gasteiger partial charge in [0.1, 0.15) is 5.82 Å². The second-order valence-electron chi connectivity index (χ2n) is 6.23. The van der Waals surface area contributed by atoms with Crippen molar-refractivity contribution < 1.29 is 9.18 Å². The molecule has 4 rings (SSSR count). The number of hydrogen-bond donors (Lipinski definition) is 1. The largest absolute Gasteiger partial charge is 0.347 e. The van der Waals surface area contributed by atoms with Crippen LogP contribution in [-0.2, 0) is 13.1 Å². The van der Waals surface area contributed by atoms with Gasteiger partial charge in [0, 0.05) is 23.2 Å². The van der Waals surface area contributed by atoms with E-state index in [4.69, 9.17) is 0 Å². The number of para-hydroxylation sites is 1. The lowest BCUT2D eigenvalue weighted by Gasteiger charge is -2.08. The molecular weight excluding hydrogens is 363 g/mol. The van der Waals surface area contributed by atoms with E-state index in [1.54, 1.807) is 22.8 Å². The van der Waals surface area contributed by atoms with Crippen LogP contribution in [-0.4, -0.2) is 10.5 Å². The fraction of sp³-hybridized carbons (Fsp3) is 0.143. The molecule has 136 valence electrons. The first kappa shape index (κ1) is 17.4. The second-order valence-corrected chi connectivity index (χ2v) is 7.28. The number of pyridine rings is 1. The molecule has 0 saturated carbocycles. The van der Waals surface area contributed by atoms with Crippen LogP contribution in [0.3, 0.4) is 0 Å². The van der Waals surface area contributed by atoms with Gasteiger partial charge < -0.3 is 9.88 Å². The number of aryl methyl sites for hydroxylation is 1. The number of fused-ring (bicyclic) bond motifs is 3. The third-order valence-electron chi connectivity index (χ3n) is 4.55. The number of aromatic nitrogens is 1. The van der Waals surface area contributed by atoms with E-state index < -0.39 is 0 Å². The SMILES string of the molecule is CCn1c(=O)c2cc(C(=O)NCc3ccc(F)cc3)sc2c2ccccc21. The summed E-state index contributed by atoms with van der Waals surface area (Å²) in [6, 6.07) is 15.4. The first-order valence-electron chi connectivity index (χ1n) is 8.66. The van der Waals surface area contributed by atoms with Gasteiger partial charge >= 0.3 is 0 Å². The van der Waals surface area contributed by atoms with Crippen LogP contribution in [0, 0.1) is 5.82 Å². The topological polar surface area (TPSA) is 51.1 Å². The lowest BCUT2D eigenvalue weighted by atomic mass is 10.1. The molecule has 2 aromatic carbocycles. The predicted octanol–water partition coefficient (Wildman–Crippen LogP) is 4.31. The summed E-state index contributed by atoms with van der Waals surface area (Å²) in [7, 11) is 0. The lowest BCUT2D eigenvalue weighted by molar-refractivity contribution is 0.0955. The molecule has 0 unspecified atom stereocenters. The van der Waals surface area contributed by atoms with Crippen molar-refractivity contribution in [3.05, 3.63) is 81.2 Å². The van der Waals surface area contributed by atoms with Crippen LogP contribution in [0.25, 0.3) is 21.0 Å². The molecule has 2 heterocycles. The molecule has 0 radical (unpaired) electrons. The molecule has 6 heteroatoms. The number of halogens is 1. The summed E-state index contributed by atoms with van der Waals surface area (Å²) in [5, 5.41) is 4.36. The number of thiophene rings is 1. The molecule has 4 aromatic rings. The molecule has 0 spiro atoms. The highest BCUT2D eigenvalue weighted by Crippen LogP contribution is 2.30. The summed E-state index contributed by atoms with van der Waals surface area (Å²) < 4.78 is 15.5. The van der Waals surface area contributed by atoms with Crippen LogP contribution in [0.1, 0.15) is 22.2 Å². The van der Waals surface area contributed by atoms with Crippen LogP contribution < -0.4 is 10.9 Å². The van der Waals surface area contributed by atoms with Gasteiger partial charge in [-0.05, 0) is 36.8 Å². The fourth-order valence-electron chi connectivity index (χ4n) is 3.20. The minimum atomic E-state index is -0.311. The average Bonchev–Trinajstić information content (AvgIpc) is 3.14. The molecule has 1 N–H and O–H groups in total. The quantitative estimate of drug-likeness (QED) is 0.574. The van der Waals surface area contributed by atoms with E-state index in [2.05, 4.69) is 5.32 Å². The van der Waals surface area contributed by atoms with Crippen molar-refractivity contribution in [1.29, 1.82) is 0 Å². The van der Waals surface area contributed by atoms with Crippen molar-refractivity contribution >= 4 is 38.2 Å². The summed E-state index contributed by atoms with van der Waals surface area (Å²) in [6.45, 7) is 2.80. The van der Waals surface area contributed by atoms with Crippen molar-refractivity contribution in [3.63, 3.8) is 0 Å². The minimum absolute atomic E-state index is 0.0833. The van der Waals surface area contributed by atoms with Crippen molar-refractivity contribution in [2.45, 2.75) is 20.0 Å². The molecule has 4 nitrogen and oxygen atoms in total. The Labute approximate surface area is 158 Å². The third kappa shape index (κ3) is 3.13. The highest BCUT2D eigenvalue weighted by molar-refractivity contribution is 7.21. The zero-order chi connectivity index (χ0) is 19.0. The van der Waals surface area contributed by atoms with Crippen LogP contribution in [0.4, 0.5) is 4.39 Å². The molecular formula is C21H17FN2O2S. The van der Waals surface area contributed by atoms with Crippen LogP contribution in [0.15, 0.2) is 59.4 Å². The van der Waals surface area contributed by atoms with Crippen molar-refractivity contribution in [2.24, 2.45) is 0 Å². The summed E-state index contributed by atoms with van der Waals surface area (Å²) in [5.41, 5.74) is 1.60. The van der Waals surface area contributed by atoms with E-state index in [1.165, 1.54) is 23.5 Å². The summed E-state index contributed by atoms with van der Waals surface area (Å²) in [5.74, 6) is -0.555. The molecule has 0 aliphatic heterocycles. The highest BCUT2D eigenvalue weighted by atomic mass is 32.1. The number of benzene rings is 2. The van der Waals surface area contributed by atoms with Gasteiger partial charge in [-0.3, -0.25) is 9.59 Å². The van der Waals surface area contributed by atoms with Gasteiger partial charge in [0.05, 0.1) is 15.8 Å². The number of carbonyl (C=O) groups is 1. The maximum atomic E-state index is 13.0. The minimum Gasteiger partial charge on any atom is -0.347 e. The molecule has 27 heavy (non-hydrogen) atoms. The van der Waals surface area contributed by atoms with Gasteiger partial charge in [0.15, 0.2) is 0 Å². The van der Waals surface area contributed by atoms with Crippen molar-refractivity contribution in [1.82, 2.24) is 9.88 Å². The molecule has 0 bridgehead atoms. The Hall–Kier alpha value is -2.99. The second kappa shape index (κ2) is 6.96. The van der Waals surface area contributed by atoms with E-state index in [0.717, 1.165) is 21.2 Å². The monoisotopic (exact) mass is 380 g/mol. The summed E-state index contributed by atoms with van der Waals surface area (Å²) in [6.07, 6.45) is 0. The van der Waals surface area contributed by atoms with Gasteiger partial charge in [0.25, 0.3) is 11.5 Å². The van der Waals surface area contributed by atoms with Crippen LogP contribution >= 0.6 is 11.3 Å². The van der Waals surface area contributed by atoms with E-state index in [0.29, 0.717) is 23.4 Å². The van der Waals surface area contributed by atoms with Crippen LogP contribution in [0.2, 0.25) is 0 Å². The average molecular weight is 380 g/mol. The number of nitrogens with zero attached hydrogens (tertiary/aromatic N) is 1. The van der Waals surface area contributed by atoms with Gasteiger partial charge in [-0.2, -0.15) is 0 Å². The van der Waals surface area contributed by atoms with Gasteiger partial charge in [0.2, 0.25) is 0 Å². The van der Waals surface area contributed by atoms with E-state index in [-0.39, 0.29) is 17.3 Å². The first-order chi connectivity index (χ1) is 13.1. The predicted molar refractivity (Wildman–Crippen MR) is 107 cm³/mol. The number of carbonyl (C=O) groups excluding carboxylic acids is 1. The maximum absolute atomic E-state index is 13.0. The van der Waals surface area contributed by atoms with E-state index >= 15 is 0 Å². The number of hydrogen-bond acceptors (Lipinski definition) is 3.